The van der Waals surface area contributed by atoms with Gasteiger partial charge in [0.2, 0.25) is 0 Å². The van der Waals surface area contributed by atoms with Crippen molar-refractivity contribution in [2.24, 2.45) is 5.73 Å². The van der Waals surface area contributed by atoms with E-state index in [1.165, 1.54) is 6.07 Å². The van der Waals surface area contributed by atoms with Gasteiger partial charge in [-0.1, -0.05) is 6.07 Å². The minimum Gasteiger partial charge on any atom is -0.375 e. The molecule has 0 bridgehead atoms. The molecule has 4 heteroatoms. The molecule has 0 aromatic heterocycles. The fourth-order valence-electron chi connectivity index (χ4n) is 2.57. The quantitative estimate of drug-likeness (QED) is 0.912. The van der Waals surface area contributed by atoms with Crippen molar-refractivity contribution in [3.8, 4) is 0 Å². The summed E-state index contributed by atoms with van der Waals surface area (Å²) in [6.07, 6.45) is 2.51. The Morgan fingerprint density at radius 1 is 1.32 bits per heavy atom. The average Bonchev–Trinajstić information content (AvgIpc) is 2.36. The maximum absolute atomic E-state index is 13.3. The van der Waals surface area contributed by atoms with E-state index in [0.29, 0.717) is 12.2 Å². The molecule has 19 heavy (non-hydrogen) atoms. The van der Waals surface area contributed by atoms with E-state index in [1.54, 1.807) is 12.1 Å². The number of halogens is 1. The molecule has 1 fully saturated rings. The topological polar surface area (TPSA) is 44.5 Å². The summed E-state index contributed by atoms with van der Waals surface area (Å²) in [5.74, 6) is -0.250. The van der Waals surface area contributed by atoms with E-state index in [0.717, 1.165) is 18.4 Å². The highest BCUT2D eigenvalue weighted by atomic mass is 19.1. The first-order valence-corrected chi connectivity index (χ1v) is 6.83. The van der Waals surface area contributed by atoms with E-state index in [-0.39, 0.29) is 30.7 Å². The van der Waals surface area contributed by atoms with E-state index < -0.39 is 0 Å². The van der Waals surface area contributed by atoms with E-state index in [1.807, 2.05) is 0 Å². The van der Waals surface area contributed by atoms with E-state index in [4.69, 9.17) is 15.2 Å². The molecule has 0 spiro atoms. The molecule has 2 atom stereocenters. The number of hydrogen-bond donors (Lipinski definition) is 1. The molecule has 1 aliphatic heterocycles. The van der Waals surface area contributed by atoms with Gasteiger partial charge in [0.25, 0.3) is 0 Å². The summed E-state index contributed by atoms with van der Waals surface area (Å²) in [7, 11) is 0. The van der Waals surface area contributed by atoms with Crippen molar-refractivity contribution < 1.29 is 13.9 Å². The molecule has 1 saturated heterocycles. The molecular weight excluding hydrogens is 245 g/mol. The Balaban J connectivity index is 1.91. The van der Waals surface area contributed by atoms with Crippen LogP contribution in [0, 0.1) is 5.82 Å². The lowest BCUT2D eigenvalue weighted by molar-refractivity contribution is -0.106. The third-order valence-corrected chi connectivity index (χ3v) is 3.47. The minimum atomic E-state index is -0.250. The monoisotopic (exact) mass is 267 g/mol. The van der Waals surface area contributed by atoms with Crippen molar-refractivity contribution in [1.82, 2.24) is 0 Å². The molecule has 2 N–H and O–H groups in total. The molecule has 0 radical (unpaired) electrons. The lowest BCUT2D eigenvalue weighted by atomic mass is 10.0. The summed E-state index contributed by atoms with van der Waals surface area (Å²) in [5.41, 5.74) is 7.00. The minimum absolute atomic E-state index is 0.213. The summed E-state index contributed by atoms with van der Waals surface area (Å²) < 4.78 is 24.9. The van der Waals surface area contributed by atoms with Crippen molar-refractivity contribution in [3.05, 3.63) is 35.1 Å². The van der Waals surface area contributed by atoms with E-state index >= 15 is 0 Å². The Labute approximate surface area is 113 Å². The van der Waals surface area contributed by atoms with Crippen LogP contribution >= 0.6 is 0 Å². The van der Waals surface area contributed by atoms with Crippen LogP contribution in [-0.4, -0.2) is 18.3 Å². The largest absolute Gasteiger partial charge is 0.375 e. The van der Waals surface area contributed by atoms with Gasteiger partial charge in [0, 0.05) is 12.1 Å². The molecule has 0 amide bonds. The first-order valence-electron chi connectivity index (χ1n) is 6.83. The van der Waals surface area contributed by atoms with Gasteiger partial charge in [-0.15, -0.1) is 0 Å². The highest BCUT2D eigenvalue weighted by Crippen LogP contribution is 2.23. The van der Waals surface area contributed by atoms with Gasteiger partial charge in [-0.3, -0.25) is 0 Å². The molecular formula is C15H22FNO2. The van der Waals surface area contributed by atoms with Gasteiger partial charge >= 0.3 is 0 Å². The van der Waals surface area contributed by atoms with Crippen LogP contribution in [-0.2, 0) is 22.6 Å². The Morgan fingerprint density at radius 2 is 2.00 bits per heavy atom. The maximum atomic E-state index is 13.3. The number of ether oxygens (including phenoxy) is 2. The Hall–Kier alpha value is -0.970. The van der Waals surface area contributed by atoms with Crippen molar-refractivity contribution >= 4 is 0 Å². The fourth-order valence-corrected chi connectivity index (χ4v) is 2.57. The summed E-state index contributed by atoms with van der Waals surface area (Å²) in [4.78, 5) is 0. The van der Waals surface area contributed by atoms with Gasteiger partial charge in [0.05, 0.1) is 24.9 Å². The highest BCUT2D eigenvalue weighted by molar-refractivity contribution is 5.24. The van der Waals surface area contributed by atoms with Crippen LogP contribution in [0.5, 0.6) is 0 Å². The number of benzene rings is 1. The first kappa shape index (κ1) is 14.4. The fraction of sp³-hybridized carbons (Fsp3) is 0.600. The zero-order chi connectivity index (χ0) is 13.8. The first-order chi connectivity index (χ1) is 9.08. The number of rotatable bonds is 4. The van der Waals surface area contributed by atoms with Gasteiger partial charge in [-0.25, -0.2) is 4.39 Å². The SMILES string of the molecule is CC1CC(OCc2ccc(F)c(CN)c2)CC(C)O1. The van der Waals surface area contributed by atoms with Gasteiger partial charge in [0.15, 0.2) is 0 Å². The molecule has 1 aromatic rings. The summed E-state index contributed by atoms with van der Waals surface area (Å²) in [5, 5.41) is 0. The average molecular weight is 267 g/mol. The van der Waals surface area contributed by atoms with Crippen LogP contribution in [0.15, 0.2) is 18.2 Å². The second kappa shape index (κ2) is 6.46. The smallest absolute Gasteiger partial charge is 0.127 e. The molecule has 3 nitrogen and oxygen atoms in total. The Morgan fingerprint density at radius 3 is 2.63 bits per heavy atom. The van der Waals surface area contributed by atoms with Gasteiger partial charge < -0.3 is 15.2 Å². The summed E-state index contributed by atoms with van der Waals surface area (Å²) in [6.45, 7) is 4.84. The molecule has 1 aromatic carbocycles. The third kappa shape index (κ3) is 4.00. The second-order valence-corrected chi connectivity index (χ2v) is 5.29. The van der Waals surface area contributed by atoms with Crippen LogP contribution in [0.1, 0.15) is 37.8 Å². The summed E-state index contributed by atoms with van der Waals surface area (Å²) >= 11 is 0. The number of nitrogens with two attached hydrogens (primary N) is 1. The van der Waals surface area contributed by atoms with Crippen molar-refractivity contribution in [3.63, 3.8) is 0 Å². The third-order valence-electron chi connectivity index (χ3n) is 3.47. The van der Waals surface area contributed by atoms with Gasteiger partial charge in [-0.2, -0.15) is 0 Å². The van der Waals surface area contributed by atoms with Crippen LogP contribution in [0.3, 0.4) is 0 Å². The normalized spacial score (nSPS) is 27.5. The zero-order valence-corrected chi connectivity index (χ0v) is 11.6. The van der Waals surface area contributed by atoms with Gasteiger partial charge in [0.1, 0.15) is 5.82 Å². The second-order valence-electron chi connectivity index (χ2n) is 5.29. The Kier molecular flexibility index (Phi) is 4.91. The zero-order valence-electron chi connectivity index (χ0n) is 11.6. The predicted octanol–water partition coefficient (Wildman–Crippen LogP) is 2.76. The van der Waals surface area contributed by atoms with Crippen LogP contribution in [0.4, 0.5) is 4.39 Å². The molecule has 1 heterocycles. The molecule has 1 aliphatic rings. The van der Waals surface area contributed by atoms with Gasteiger partial charge in [-0.05, 0) is 44.4 Å². The highest BCUT2D eigenvalue weighted by Gasteiger charge is 2.24. The standard InChI is InChI=1S/C15H22FNO2/c1-10-5-14(6-11(2)19-10)18-9-12-3-4-15(16)13(7-12)8-17/h3-4,7,10-11,14H,5-6,8-9,17H2,1-2H3. The van der Waals surface area contributed by atoms with Crippen LogP contribution < -0.4 is 5.73 Å². The molecule has 0 aliphatic carbocycles. The van der Waals surface area contributed by atoms with Crippen molar-refractivity contribution in [1.29, 1.82) is 0 Å². The lowest BCUT2D eigenvalue weighted by Crippen LogP contribution is -2.34. The molecule has 2 unspecified atom stereocenters. The van der Waals surface area contributed by atoms with Crippen molar-refractivity contribution in [2.45, 2.75) is 58.2 Å². The predicted molar refractivity (Wildman–Crippen MR) is 72.1 cm³/mol. The van der Waals surface area contributed by atoms with Crippen LogP contribution in [0.25, 0.3) is 0 Å². The van der Waals surface area contributed by atoms with E-state index in [9.17, 15) is 4.39 Å². The van der Waals surface area contributed by atoms with Crippen LogP contribution in [0.2, 0.25) is 0 Å². The lowest BCUT2D eigenvalue weighted by Gasteiger charge is -2.32. The van der Waals surface area contributed by atoms with Crippen molar-refractivity contribution in [2.75, 3.05) is 0 Å². The molecule has 0 saturated carbocycles. The maximum Gasteiger partial charge on any atom is 0.127 e. The molecule has 2 rings (SSSR count). The molecule has 106 valence electrons. The number of hydrogen-bond acceptors (Lipinski definition) is 3. The van der Waals surface area contributed by atoms with E-state index in [2.05, 4.69) is 13.8 Å². The Bertz CT molecular complexity index is 415. The summed E-state index contributed by atoms with van der Waals surface area (Å²) in [6, 6.07) is 4.98.